The third-order valence-corrected chi connectivity index (χ3v) is 7.36. The highest BCUT2D eigenvalue weighted by molar-refractivity contribution is 8.00. The van der Waals surface area contributed by atoms with Gasteiger partial charge in [-0.25, -0.2) is 17.7 Å². The molecule has 29 heavy (non-hydrogen) atoms. The van der Waals surface area contributed by atoms with Crippen molar-refractivity contribution in [2.24, 2.45) is 0 Å². The van der Waals surface area contributed by atoms with E-state index in [4.69, 9.17) is 11.6 Å². The first-order valence-corrected chi connectivity index (χ1v) is 11.4. The molecule has 0 spiro atoms. The number of aromatic nitrogens is 2. The first-order valence-electron chi connectivity index (χ1n) is 8.74. The molecule has 0 aliphatic carbocycles. The summed E-state index contributed by atoms with van der Waals surface area (Å²) in [6.45, 7) is 3.57. The van der Waals surface area contributed by atoms with Crippen LogP contribution >= 0.6 is 23.4 Å². The smallest absolute Gasteiger partial charge is 0.242 e. The van der Waals surface area contributed by atoms with Gasteiger partial charge in [-0.2, -0.15) is 0 Å². The third kappa shape index (κ3) is 4.75. The van der Waals surface area contributed by atoms with E-state index in [2.05, 4.69) is 15.3 Å². The molecule has 2 aromatic carbocycles. The van der Waals surface area contributed by atoms with Crippen LogP contribution in [0.15, 0.2) is 46.5 Å². The SMILES string of the molecule is Cc1ccc(S(=O)(=O)N(C)C)cc1NC(=O)C(C)Sc1nc2ccc(Cl)cc2[nH]1. The van der Waals surface area contributed by atoms with E-state index in [1.807, 2.05) is 13.0 Å². The van der Waals surface area contributed by atoms with Crippen LogP contribution in [-0.4, -0.2) is 47.9 Å². The zero-order valence-electron chi connectivity index (χ0n) is 16.4. The first-order chi connectivity index (χ1) is 13.6. The Bertz CT molecular complexity index is 1180. The number of carbonyl (C=O) groups is 1. The molecule has 1 heterocycles. The lowest BCUT2D eigenvalue weighted by atomic mass is 10.2. The predicted octanol–water partition coefficient (Wildman–Crippen LogP) is 3.89. The molecule has 1 unspecified atom stereocenters. The number of thioether (sulfide) groups is 1. The van der Waals surface area contributed by atoms with E-state index in [9.17, 15) is 13.2 Å². The number of H-pyrrole nitrogens is 1. The van der Waals surface area contributed by atoms with E-state index in [0.29, 0.717) is 15.9 Å². The summed E-state index contributed by atoms with van der Waals surface area (Å²) >= 11 is 7.26. The zero-order valence-corrected chi connectivity index (χ0v) is 18.7. The molecule has 3 aromatic rings. The average Bonchev–Trinajstić information content (AvgIpc) is 3.04. The highest BCUT2D eigenvalue weighted by atomic mass is 35.5. The third-order valence-electron chi connectivity index (χ3n) is 4.33. The molecule has 2 N–H and O–H groups in total. The van der Waals surface area contributed by atoms with Crippen molar-refractivity contribution in [2.75, 3.05) is 19.4 Å². The van der Waals surface area contributed by atoms with Gasteiger partial charge in [0, 0.05) is 24.8 Å². The summed E-state index contributed by atoms with van der Waals surface area (Å²) in [6, 6.07) is 10.0. The Morgan fingerprint density at radius 3 is 2.66 bits per heavy atom. The summed E-state index contributed by atoms with van der Waals surface area (Å²) < 4.78 is 25.8. The summed E-state index contributed by atoms with van der Waals surface area (Å²) in [5.74, 6) is -0.254. The Balaban J connectivity index is 1.76. The fraction of sp³-hybridized carbons (Fsp3) is 0.263. The second-order valence-corrected chi connectivity index (χ2v) is 10.6. The number of anilines is 1. The van der Waals surface area contributed by atoms with Crippen LogP contribution in [0.5, 0.6) is 0 Å². The van der Waals surface area contributed by atoms with E-state index in [1.54, 1.807) is 25.1 Å². The molecular weight excluding hydrogens is 432 g/mol. The highest BCUT2D eigenvalue weighted by Crippen LogP contribution is 2.27. The zero-order chi connectivity index (χ0) is 21.3. The Hall–Kier alpha value is -2.07. The molecule has 0 aliphatic heterocycles. The van der Waals surface area contributed by atoms with Gasteiger partial charge in [-0.15, -0.1) is 0 Å². The topological polar surface area (TPSA) is 95.2 Å². The first kappa shape index (κ1) is 21.6. The molecule has 0 saturated heterocycles. The summed E-state index contributed by atoms with van der Waals surface area (Å²) in [4.78, 5) is 20.4. The van der Waals surface area contributed by atoms with Crippen LogP contribution in [-0.2, 0) is 14.8 Å². The Labute approximate surface area is 178 Å². The van der Waals surface area contributed by atoms with Crippen molar-refractivity contribution in [3.8, 4) is 0 Å². The van der Waals surface area contributed by atoms with Gasteiger partial charge in [-0.3, -0.25) is 4.79 Å². The minimum Gasteiger partial charge on any atom is -0.333 e. The summed E-state index contributed by atoms with van der Waals surface area (Å²) in [7, 11) is -0.658. The molecule has 0 bridgehead atoms. The van der Waals surface area contributed by atoms with Crippen molar-refractivity contribution in [3.63, 3.8) is 0 Å². The lowest BCUT2D eigenvalue weighted by molar-refractivity contribution is -0.115. The number of nitrogens with zero attached hydrogens (tertiary/aromatic N) is 2. The Morgan fingerprint density at radius 2 is 1.97 bits per heavy atom. The number of aryl methyl sites for hydroxylation is 1. The molecule has 0 fully saturated rings. The van der Waals surface area contributed by atoms with Gasteiger partial charge in [0.2, 0.25) is 15.9 Å². The van der Waals surface area contributed by atoms with Crippen molar-refractivity contribution >= 4 is 56.0 Å². The monoisotopic (exact) mass is 452 g/mol. The quantitative estimate of drug-likeness (QED) is 0.553. The maximum absolute atomic E-state index is 12.7. The molecule has 10 heteroatoms. The number of fused-ring (bicyclic) bond motifs is 1. The van der Waals surface area contributed by atoms with E-state index in [0.717, 1.165) is 20.9 Å². The van der Waals surface area contributed by atoms with Crippen LogP contribution in [0.2, 0.25) is 5.02 Å². The molecule has 7 nitrogen and oxygen atoms in total. The number of hydrogen-bond acceptors (Lipinski definition) is 5. The molecule has 3 rings (SSSR count). The number of rotatable bonds is 6. The summed E-state index contributed by atoms with van der Waals surface area (Å²) in [5, 5.41) is 3.57. The molecule has 1 amide bonds. The Morgan fingerprint density at radius 1 is 1.24 bits per heavy atom. The van der Waals surface area contributed by atoms with Gasteiger partial charge in [0.25, 0.3) is 0 Å². The fourth-order valence-corrected chi connectivity index (χ4v) is 4.50. The normalized spacial score (nSPS) is 13.0. The van der Waals surface area contributed by atoms with Crippen LogP contribution in [0.4, 0.5) is 5.69 Å². The number of imidazole rings is 1. The van der Waals surface area contributed by atoms with Crippen LogP contribution in [0.3, 0.4) is 0 Å². The van der Waals surface area contributed by atoms with Crippen molar-refractivity contribution in [2.45, 2.75) is 29.1 Å². The highest BCUT2D eigenvalue weighted by Gasteiger charge is 2.21. The number of nitrogens with one attached hydrogen (secondary N) is 2. The largest absolute Gasteiger partial charge is 0.333 e. The average molecular weight is 453 g/mol. The van der Waals surface area contributed by atoms with Gasteiger partial charge in [-0.1, -0.05) is 29.4 Å². The van der Waals surface area contributed by atoms with Gasteiger partial charge in [-0.05, 0) is 49.7 Å². The van der Waals surface area contributed by atoms with Crippen LogP contribution in [0.1, 0.15) is 12.5 Å². The minimum atomic E-state index is -3.59. The standard InChI is InChI=1S/C19H21ClN4O3S2/c1-11-5-7-14(29(26,27)24(3)4)10-16(11)21-18(25)12(2)28-19-22-15-8-6-13(20)9-17(15)23-19/h5-10,12H,1-4H3,(H,21,25)(H,22,23). The van der Waals surface area contributed by atoms with E-state index in [-0.39, 0.29) is 10.8 Å². The molecule has 1 atom stereocenters. The van der Waals surface area contributed by atoms with Crippen LogP contribution < -0.4 is 5.32 Å². The van der Waals surface area contributed by atoms with E-state index >= 15 is 0 Å². The molecule has 0 radical (unpaired) electrons. The van der Waals surface area contributed by atoms with Crippen molar-refractivity contribution in [1.29, 1.82) is 0 Å². The second kappa shape index (κ2) is 8.35. The molecule has 154 valence electrons. The van der Waals surface area contributed by atoms with Crippen LogP contribution in [0, 0.1) is 6.92 Å². The Kier molecular flexibility index (Phi) is 6.23. The molecule has 0 saturated carbocycles. The number of amides is 1. The predicted molar refractivity (Wildman–Crippen MR) is 117 cm³/mol. The number of halogens is 1. The van der Waals surface area contributed by atoms with Gasteiger partial charge >= 0.3 is 0 Å². The number of aromatic amines is 1. The van der Waals surface area contributed by atoms with Gasteiger partial charge in [0.15, 0.2) is 5.16 Å². The van der Waals surface area contributed by atoms with Crippen molar-refractivity contribution < 1.29 is 13.2 Å². The van der Waals surface area contributed by atoms with Crippen molar-refractivity contribution in [3.05, 3.63) is 47.0 Å². The number of benzene rings is 2. The lowest BCUT2D eigenvalue weighted by Crippen LogP contribution is -2.24. The number of carbonyl (C=O) groups excluding carboxylic acids is 1. The molecule has 1 aromatic heterocycles. The molecular formula is C19H21ClN4O3S2. The minimum absolute atomic E-state index is 0.123. The maximum atomic E-state index is 12.7. The van der Waals surface area contributed by atoms with Gasteiger partial charge in [0.05, 0.1) is 21.2 Å². The number of hydrogen-bond donors (Lipinski definition) is 2. The summed E-state index contributed by atoms with van der Waals surface area (Å²) in [6.07, 6.45) is 0. The summed E-state index contributed by atoms with van der Waals surface area (Å²) in [5.41, 5.74) is 2.79. The fourth-order valence-electron chi connectivity index (χ4n) is 2.58. The van der Waals surface area contributed by atoms with Gasteiger partial charge < -0.3 is 10.3 Å². The van der Waals surface area contributed by atoms with Gasteiger partial charge in [0.1, 0.15) is 0 Å². The van der Waals surface area contributed by atoms with Crippen molar-refractivity contribution in [1.82, 2.24) is 14.3 Å². The van der Waals surface area contributed by atoms with E-state index < -0.39 is 15.3 Å². The van der Waals surface area contributed by atoms with E-state index in [1.165, 1.54) is 38.0 Å². The molecule has 0 aliphatic rings. The second-order valence-electron chi connectivity index (χ2n) is 6.72. The lowest BCUT2D eigenvalue weighted by Gasteiger charge is -2.16. The van der Waals surface area contributed by atoms with Crippen LogP contribution in [0.25, 0.3) is 11.0 Å². The maximum Gasteiger partial charge on any atom is 0.242 e. The number of sulfonamides is 1.